The second-order valence-electron chi connectivity index (χ2n) is 5.53. The third kappa shape index (κ3) is 5.20. The van der Waals surface area contributed by atoms with Gasteiger partial charge in [0.05, 0.1) is 6.67 Å². The Labute approximate surface area is 145 Å². The summed E-state index contributed by atoms with van der Waals surface area (Å²) in [6.45, 7) is 1.60. The number of rotatable bonds is 4. The zero-order valence-electron chi connectivity index (χ0n) is 13.6. The molecule has 0 saturated carbocycles. The van der Waals surface area contributed by atoms with Gasteiger partial charge in [0.25, 0.3) is 0 Å². The van der Waals surface area contributed by atoms with Crippen LogP contribution in [0.3, 0.4) is 0 Å². The molecular weight excluding hydrogens is 320 g/mol. The van der Waals surface area contributed by atoms with E-state index in [0.717, 1.165) is 11.4 Å². The molecule has 0 aromatic heterocycles. The first-order valence-corrected chi connectivity index (χ1v) is 7.94. The summed E-state index contributed by atoms with van der Waals surface area (Å²) >= 11 is 0. The minimum atomic E-state index is -0.318. The van der Waals surface area contributed by atoms with E-state index in [9.17, 15) is 9.59 Å². The molecule has 3 rings (SSSR count). The maximum atomic E-state index is 12.0. The molecule has 2 aromatic carbocycles. The van der Waals surface area contributed by atoms with Gasteiger partial charge < -0.3 is 10.6 Å². The molecule has 1 heterocycles. The SMILES string of the molecule is O=C(Nc1ccccc1)NN1CCN(NC(=O)Nc2ccccc2)C1. The van der Waals surface area contributed by atoms with Crippen LogP contribution in [0.15, 0.2) is 60.7 Å². The van der Waals surface area contributed by atoms with Crippen molar-refractivity contribution in [1.29, 1.82) is 0 Å². The van der Waals surface area contributed by atoms with Crippen LogP contribution in [-0.2, 0) is 0 Å². The van der Waals surface area contributed by atoms with Crippen molar-refractivity contribution in [3.63, 3.8) is 0 Å². The van der Waals surface area contributed by atoms with Crippen LogP contribution in [0.2, 0.25) is 0 Å². The highest BCUT2D eigenvalue weighted by atomic mass is 16.2. The third-order valence-corrected chi connectivity index (χ3v) is 3.56. The molecular formula is C17H20N6O2. The summed E-state index contributed by atoms with van der Waals surface area (Å²) in [4.78, 5) is 23.9. The normalized spacial score (nSPS) is 14.7. The quantitative estimate of drug-likeness (QED) is 0.686. The number of amides is 4. The number of nitrogens with zero attached hydrogens (tertiary/aromatic N) is 2. The molecule has 1 saturated heterocycles. The zero-order chi connectivity index (χ0) is 17.5. The Balaban J connectivity index is 1.41. The lowest BCUT2D eigenvalue weighted by Crippen LogP contribution is -2.47. The number of nitrogens with one attached hydrogen (secondary N) is 4. The fourth-order valence-electron chi connectivity index (χ4n) is 2.42. The van der Waals surface area contributed by atoms with Crippen molar-refractivity contribution in [2.24, 2.45) is 0 Å². The molecule has 0 atom stereocenters. The predicted molar refractivity (Wildman–Crippen MR) is 95.5 cm³/mol. The Kier molecular flexibility index (Phi) is 5.45. The van der Waals surface area contributed by atoms with E-state index in [-0.39, 0.29) is 12.1 Å². The topological polar surface area (TPSA) is 88.7 Å². The molecule has 8 nitrogen and oxygen atoms in total. The highest BCUT2D eigenvalue weighted by Crippen LogP contribution is 2.06. The van der Waals surface area contributed by atoms with Crippen molar-refractivity contribution in [3.8, 4) is 0 Å². The lowest BCUT2D eigenvalue weighted by Gasteiger charge is -2.20. The van der Waals surface area contributed by atoms with E-state index in [1.165, 1.54) is 0 Å². The summed E-state index contributed by atoms with van der Waals surface area (Å²) in [5.74, 6) is 0. The van der Waals surface area contributed by atoms with Crippen LogP contribution in [0.5, 0.6) is 0 Å². The largest absolute Gasteiger partial charge is 0.333 e. The Bertz CT molecular complexity index is 648. The average Bonchev–Trinajstić information content (AvgIpc) is 3.03. The third-order valence-electron chi connectivity index (χ3n) is 3.56. The van der Waals surface area contributed by atoms with E-state index >= 15 is 0 Å². The van der Waals surface area contributed by atoms with Crippen molar-refractivity contribution in [2.45, 2.75) is 0 Å². The summed E-state index contributed by atoms with van der Waals surface area (Å²) < 4.78 is 0. The first kappa shape index (κ1) is 16.7. The van der Waals surface area contributed by atoms with Crippen LogP contribution in [0, 0.1) is 0 Å². The van der Waals surface area contributed by atoms with Crippen LogP contribution in [0.25, 0.3) is 0 Å². The highest BCUT2D eigenvalue weighted by molar-refractivity contribution is 5.89. The van der Waals surface area contributed by atoms with Crippen LogP contribution in [0.1, 0.15) is 0 Å². The fourth-order valence-corrected chi connectivity index (χ4v) is 2.42. The molecule has 25 heavy (non-hydrogen) atoms. The number of carbonyl (C=O) groups excluding carboxylic acids is 2. The van der Waals surface area contributed by atoms with Gasteiger partial charge in [0.15, 0.2) is 0 Å². The standard InChI is InChI=1S/C17H20N6O2/c24-16(18-14-7-3-1-4-8-14)20-22-11-12-23(13-22)21-17(25)19-15-9-5-2-6-10-15/h1-10H,11-13H2,(H2,18,20,24)(H2,19,21,25). The predicted octanol–water partition coefficient (Wildman–Crippen LogP) is 2.03. The molecule has 0 spiro atoms. The van der Waals surface area contributed by atoms with Crippen LogP contribution in [0.4, 0.5) is 21.0 Å². The van der Waals surface area contributed by atoms with E-state index in [2.05, 4.69) is 21.5 Å². The minimum Gasteiger partial charge on any atom is -0.307 e. The van der Waals surface area contributed by atoms with Gasteiger partial charge in [-0.3, -0.25) is 10.9 Å². The van der Waals surface area contributed by atoms with Gasteiger partial charge in [0.2, 0.25) is 0 Å². The number of hydrogen-bond donors (Lipinski definition) is 4. The monoisotopic (exact) mass is 340 g/mol. The van der Waals surface area contributed by atoms with Gasteiger partial charge in [-0.2, -0.15) is 0 Å². The Morgan fingerprint density at radius 3 is 1.48 bits per heavy atom. The molecule has 0 bridgehead atoms. The number of urea groups is 2. The smallest absolute Gasteiger partial charge is 0.307 e. The molecule has 2 aromatic rings. The van der Waals surface area contributed by atoms with Crippen molar-refractivity contribution in [3.05, 3.63) is 60.7 Å². The van der Waals surface area contributed by atoms with Crippen molar-refractivity contribution in [1.82, 2.24) is 20.9 Å². The van der Waals surface area contributed by atoms with E-state index < -0.39 is 0 Å². The van der Waals surface area contributed by atoms with Crippen LogP contribution in [-0.4, -0.2) is 41.8 Å². The number of carbonyl (C=O) groups is 2. The average molecular weight is 340 g/mol. The number of hydrogen-bond acceptors (Lipinski definition) is 4. The van der Waals surface area contributed by atoms with Gasteiger partial charge >= 0.3 is 12.1 Å². The molecule has 0 radical (unpaired) electrons. The fraction of sp³-hybridized carbons (Fsp3) is 0.176. The summed E-state index contributed by atoms with van der Waals surface area (Å²) in [5, 5.41) is 8.94. The number of para-hydroxylation sites is 2. The highest BCUT2D eigenvalue weighted by Gasteiger charge is 2.22. The molecule has 1 aliphatic rings. The zero-order valence-corrected chi connectivity index (χ0v) is 13.6. The lowest BCUT2D eigenvalue weighted by atomic mass is 10.3. The van der Waals surface area contributed by atoms with Gasteiger partial charge in [-0.1, -0.05) is 36.4 Å². The Morgan fingerprint density at radius 2 is 1.08 bits per heavy atom. The second kappa shape index (κ2) is 8.13. The van der Waals surface area contributed by atoms with Crippen LogP contribution >= 0.6 is 0 Å². The molecule has 0 aliphatic carbocycles. The second-order valence-corrected chi connectivity index (χ2v) is 5.53. The van der Waals surface area contributed by atoms with E-state index in [4.69, 9.17) is 0 Å². The van der Waals surface area contributed by atoms with Crippen molar-refractivity contribution < 1.29 is 9.59 Å². The van der Waals surface area contributed by atoms with Gasteiger partial charge in [-0.05, 0) is 24.3 Å². The van der Waals surface area contributed by atoms with Gasteiger partial charge in [0.1, 0.15) is 0 Å². The van der Waals surface area contributed by atoms with Gasteiger partial charge in [-0.25, -0.2) is 19.6 Å². The number of benzene rings is 2. The molecule has 130 valence electrons. The molecule has 8 heteroatoms. The van der Waals surface area contributed by atoms with Crippen LogP contribution < -0.4 is 21.5 Å². The lowest BCUT2D eigenvalue weighted by molar-refractivity contribution is 0.159. The Morgan fingerprint density at radius 1 is 0.680 bits per heavy atom. The van der Waals surface area contributed by atoms with Gasteiger partial charge in [0, 0.05) is 24.5 Å². The van der Waals surface area contributed by atoms with E-state index in [1.807, 2.05) is 60.7 Å². The first-order chi connectivity index (χ1) is 12.2. The molecule has 1 fully saturated rings. The maximum Gasteiger partial charge on any atom is 0.333 e. The van der Waals surface area contributed by atoms with Crippen molar-refractivity contribution in [2.75, 3.05) is 30.4 Å². The maximum absolute atomic E-state index is 12.0. The molecule has 4 amide bonds. The molecule has 4 N–H and O–H groups in total. The summed E-state index contributed by atoms with van der Waals surface area (Å²) in [6.07, 6.45) is 0. The molecule has 0 unspecified atom stereocenters. The number of hydrazine groups is 2. The molecule has 1 aliphatic heterocycles. The van der Waals surface area contributed by atoms with Gasteiger partial charge in [-0.15, -0.1) is 0 Å². The first-order valence-electron chi connectivity index (χ1n) is 7.94. The van der Waals surface area contributed by atoms with E-state index in [0.29, 0.717) is 19.8 Å². The summed E-state index contributed by atoms with van der Waals surface area (Å²) in [5.41, 5.74) is 6.94. The minimum absolute atomic E-state index is 0.318. The summed E-state index contributed by atoms with van der Waals surface area (Å²) in [7, 11) is 0. The van der Waals surface area contributed by atoms with Crippen molar-refractivity contribution >= 4 is 23.4 Å². The van der Waals surface area contributed by atoms with E-state index in [1.54, 1.807) is 10.0 Å². The Hall–Kier alpha value is -3.10. The number of anilines is 2. The summed E-state index contributed by atoms with van der Waals surface area (Å²) in [6, 6.07) is 17.8.